The van der Waals surface area contributed by atoms with Gasteiger partial charge in [-0.3, -0.25) is 5.10 Å². The molecule has 130 valence electrons. The Hall–Kier alpha value is -3.34. The van der Waals surface area contributed by atoms with Crippen molar-refractivity contribution in [1.82, 2.24) is 19.7 Å². The zero-order chi connectivity index (χ0) is 17.9. The van der Waals surface area contributed by atoms with E-state index in [1.165, 1.54) is 5.56 Å². The molecule has 0 fully saturated rings. The van der Waals surface area contributed by atoms with Crippen molar-refractivity contribution in [3.63, 3.8) is 0 Å². The van der Waals surface area contributed by atoms with E-state index in [2.05, 4.69) is 31.9 Å². The molecule has 0 aliphatic heterocycles. The fraction of sp³-hybridized carbons (Fsp3) is 0.143. The summed E-state index contributed by atoms with van der Waals surface area (Å²) in [4.78, 5) is 4.67. The van der Waals surface area contributed by atoms with Crippen LogP contribution in [-0.4, -0.2) is 24.9 Å². The molecule has 5 nitrogen and oxygen atoms in total. The largest absolute Gasteiger partial charge is 0.508 e. The van der Waals surface area contributed by atoms with Gasteiger partial charge in [0.25, 0.3) is 0 Å². The van der Waals surface area contributed by atoms with E-state index in [0.29, 0.717) is 0 Å². The number of rotatable bonds is 5. The number of nitrogens with one attached hydrogen (secondary N) is 1. The number of H-pyrrole nitrogens is 1. The summed E-state index contributed by atoms with van der Waals surface area (Å²) in [6.45, 7) is 2.78. The number of phenols is 1. The Bertz CT molecular complexity index is 1000. The van der Waals surface area contributed by atoms with E-state index in [-0.39, 0.29) is 5.75 Å². The molecule has 0 bridgehead atoms. The Morgan fingerprint density at radius 3 is 2.50 bits per heavy atom. The second kappa shape index (κ2) is 6.88. The standard InChI is InChI=1S/C21H20N4O/c1-15-13-19(24-23-15)21-20(17-5-3-2-4-6-17)22-14-25(21)12-11-16-7-9-18(26)10-8-16/h2-10,13-14,26H,11-12H2,1H3,(H,23,24). The second-order valence-corrected chi connectivity index (χ2v) is 6.35. The number of nitrogens with zero attached hydrogens (tertiary/aromatic N) is 3. The van der Waals surface area contributed by atoms with Gasteiger partial charge in [-0.1, -0.05) is 42.5 Å². The van der Waals surface area contributed by atoms with Gasteiger partial charge in [-0.2, -0.15) is 5.10 Å². The van der Waals surface area contributed by atoms with E-state index in [1.54, 1.807) is 12.1 Å². The molecule has 0 unspecified atom stereocenters. The molecule has 0 aliphatic rings. The Labute approximate surface area is 152 Å². The third kappa shape index (κ3) is 3.24. The molecular weight excluding hydrogens is 324 g/mol. The maximum absolute atomic E-state index is 9.44. The number of aromatic nitrogens is 4. The number of hydrogen-bond acceptors (Lipinski definition) is 3. The van der Waals surface area contributed by atoms with Crippen LogP contribution < -0.4 is 0 Å². The summed E-state index contributed by atoms with van der Waals surface area (Å²) in [5, 5.41) is 16.9. The van der Waals surface area contributed by atoms with E-state index in [0.717, 1.165) is 41.3 Å². The van der Waals surface area contributed by atoms with Crippen LogP contribution in [0.4, 0.5) is 0 Å². The molecule has 5 heteroatoms. The van der Waals surface area contributed by atoms with Crippen LogP contribution in [0.3, 0.4) is 0 Å². The number of imidazole rings is 1. The van der Waals surface area contributed by atoms with Gasteiger partial charge in [-0.25, -0.2) is 4.98 Å². The first-order valence-electron chi connectivity index (χ1n) is 8.61. The number of hydrogen-bond donors (Lipinski definition) is 2. The molecular formula is C21H20N4O. The Morgan fingerprint density at radius 2 is 1.81 bits per heavy atom. The Balaban J connectivity index is 1.70. The summed E-state index contributed by atoms with van der Waals surface area (Å²) in [6, 6.07) is 19.5. The smallest absolute Gasteiger partial charge is 0.115 e. The monoisotopic (exact) mass is 344 g/mol. The molecule has 0 spiro atoms. The van der Waals surface area contributed by atoms with Crippen molar-refractivity contribution in [2.75, 3.05) is 0 Å². The molecule has 0 atom stereocenters. The predicted octanol–water partition coefficient (Wildman–Crippen LogP) is 4.20. The first-order chi connectivity index (χ1) is 12.7. The molecule has 0 saturated heterocycles. The minimum atomic E-state index is 0.287. The highest BCUT2D eigenvalue weighted by Gasteiger charge is 2.17. The molecule has 2 aromatic heterocycles. The van der Waals surface area contributed by atoms with Gasteiger partial charge in [0.15, 0.2) is 0 Å². The maximum Gasteiger partial charge on any atom is 0.115 e. The Morgan fingerprint density at radius 1 is 1.04 bits per heavy atom. The maximum atomic E-state index is 9.44. The van der Waals surface area contributed by atoms with Crippen LogP contribution in [0.5, 0.6) is 5.75 Å². The summed E-state index contributed by atoms with van der Waals surface area (Å²) in [5.74, 6) is 0.287. The molecule has 0 saturated carbocycles. The van der Waals surface area contributed by atoms with Crippen molar-refractivity contribution in [3.8, 4) is 28.4 Å². The van der Waals surface area contributed by atoms with Crippen molar-refractivity contribution in [2.45, 2.75) is 19.9 Å². The highest BCUT2D eigenvalue weighted by Crippen LogP contribution is 2.30. The van der Waals surface area contributed by atoms with Crippen molar-refractivity contribution in [2.24, 2.45) is 0 Å². The lowest BCUT2D eigenvalue weighted by atomic mass is 10.1. The van der Waals surface area contributed by atoms with Gasteiger partial charge in [-0.15, -0.1) is 0 Å². The van der Waals surface area contributed by atoms with Crippen LogP contribution in [0.2, 0.25) is 0 Å². The molecule has 26 heavy (non-hydrogen) atoms. The predicted molar refractivity (Wildman–Crippen MR) is 102 cm³/mol. The summed E-state index contributed by atoms with van der Waals surface area (Å²) in [6.07, 6.45) is 2.73. The topological polar surface area (TPSA) is 66.7 Å². The highest BCUT2D eigenvalue weighted by atomic mass is 16.3. The fourth-order valence-electron chi connectivity index (χ4n) is 3.08. The molecule has 2 heterocycles. The van der Waals surface area contributed by atoms with Gasteiger partial charge in [0.05, 0.1) is 17.7 Å². The first-order valence-corrected chi connectivity index (χ1v) is 8.61. The van der Waals surface area contributed by atoms with Crippen LogP contribution in [0.25, 0.3) is 22.6 Å². The quantitative estimate of drug-likeness (QED) is 0.570. The lowest BCUT2D eigenvalue weighted by Gasteiger charge is -2.09. The van der Waals surface area contributed by atoms with Crippen molar-refractivity contribution < 1.29 is 5.11 Å². The number of phenolic OH excluding ortho intramolecular Hbond substituents is 1. The lowest BCUT2D eigenvalue weighted by molar-refractivity contribution is 0.475. The zero-order valence-electron chi connectivity index (χ0n) is 14.6. The average Bonchev–Trinajstić information content (AvgIpc) is 3.28. The third-order valence-corrected chi connectivity index (χ3v) is 4.41. The number of aromatic amines is 1. The van der Waals surface area contributed by atoms with Crippen LogP contribution in [0, 0.1) is 6.92 Å². The number of benzene rings is 2. The van der Waals surface area contributed by atoms with Gasteiger partial charge in [-0.05, 0) is 37.1 Å². The minimum Gasteiger partial charge on any atom is -0.508 e. The van der Waals surface area contributed by atoms with Crippen LogP contribution in [0.1, 0.15) is 11.3 Å². The van der Waals surface area contributed by atoms with Crippen molar-refractivity contribution in [3.05, 3.63) is 78.2 Å². The van der Waals surface area contributed by atoms with Gasteiger partial charge in [0, 0.05) is 17.8 Å². The van der Waals surface area contributed by atoms with Crippen molar-refractivity contribution >= 4 is 0 Å². The van der Waals surface area contributed by atoms with Gasteiger partial charge in [0.1, 0.15) is 11.4 Å². The summed E-state index contributed by atoms with van der Waals surface area (Å²) < 4.78 is 2.14. The van der Waals surface area contributed by atoms with E-state index in [4.69, 9.17) is 0 Å². The van der Waals surface area contributed by atoms with Crippen molar-refractivity contribution in [1.29, 1.82) is 0 Å². The molecule has 0 radical (unpaired) electrons. The third-order valence-electron chi connectivity index (χ3n) is 4.41. The minimum absolute atomic E-state index is 0.287. The molecule has 4 rings (SSSR count). The zero-order valence-corrected chi connectivity index (χ0v) is 14.6. The van der Waals surface area contributed by atoms with Crippen LogP contribution in [0.15, 0.2) is 67.0 Å². The first kappa shape index (κ1) is 16.1. The SMILES string of the molecule is Cc1cc(-c2c(-c3ccccc3)ncn2CCc2ccc(O)cc2)n[nH]1. The van der Waals surface area contributed by atoms with E-state index < -0.39 is 0 Å². The molecule has 0 aliphatic carbocycles. The van der Waals surface area contributed by atoms with Crippen LogP contribution >= 0.6 is 0 Å². The van der Waals surface area contributed by atoms with E-state index in [1.807, 2.05) is 49.6 Å². The molecule has 4 aromatic rings. The number of aromatic hydroxyl groups is 1. The molecule has 0 amide bonds. The summed E-state index contributed by atoms with van der Waals surface area (Å²) in [7, 11) is 0. The summed E-state index contributed by atoms with van der Waals surface area (Å²) >= 11 is 0. The van der Waals surface area contributed by atoms with Crippen LogP contribution in [-0.2, 0) is 13.0 Å². The van der Waals surface area contributed by atoms with E-state index in [9.17, 15) is 5.11 Å². The average molecular weight is 344 g/mol. The highest BCUT2D eigenvalue weighted by molar-refractivity contribution is 5.76. The normalized spacial score (nSPS) is 11.0. The lowest BCUT2D eigenvalue weighted by Crippen LogP contribution is -2.02. The molecule has 2 aromatic carbocycles. The van der Waals surface area contributed by atoms with E-state index >= 15 is 0 Å². The summed E-state index contributed by atoms with van der Waals surface area (Å²) in [5.41, 5.74) is 6.10. The molecule has 2 N–H and O–H groups in total. The second-order valence-electron chi connectivity index (χ2n) is 6.35. The van der Waals surface area contributed by atoms with Gasteiger partial charge >= 0.3 is 0 Å². The van der Waals surface area contributed by atoms with Gasteiger partial charge in [0.2, 0.25) is 0 Å². The van der Waals surface area contributed by atoms with Gasteiger partial charge < -0.3 is 9.67 Å². The number of aryl methyl sites for hydroxylation is 3. The fourth-order valence-corrected chi connectivity index (χ4v) is 3.08. The Kier molecular flexibility index (Phi) is 4.27.